The number of rotatable bonds is 8. The molecule has 27 heavy (non-hydrogen) atoms. The van der Waals surface area contributed by atoms with Crippen LogP contribution in [0.15, 0.2) is 53.5 Å². The number of hydrogen-bond donors (Lipinski definition) is 3. The Labute approximate surface area is 160 Å². The minimum Gasteiger partial charge on any atom is -0.356 e. The maximum atomic E-state index is 13.1. The molecule has 0 unspecified atom stereocenters. The molecule has 0 aromatic heterocycles. The number of nitrogens with one attached hydrogen (secondary N) is 3. The molecule has 0 bridgehead atoms. The molecule has 144 valence electrons. The lowest BCUT2D eigenvalue weighted by Gasteiger charge is -2.13. The van der Waals surface area contributed by atoms with Crippen LogP contribution in [0.5, 0.6) is 0 Å². The number of benzene rings is 2. The zero-order chi connectivity index (χ0) is 19.5. The van der Waals surface area contributed by atoms with Gasteiger partial charge in [0, 0.05) is 20.1 Å². The van der Waals surface area contributed by atoms with Gasteiger partial charge in [0.25, 0.3) is 0 Å². The number of amides is 1. The second-order valence-corrected chi connectivity index (χ2v) is 6.26. The first kappa shape index (κ1) is 20.4. The Kier molecular flexibility index (Phi) is 8.29. The van der Waals surface area contributed by atoms with Crippen molar-refractivity contribution in [3.05, 3.63) is 71.0 Å². The first-order valence-electron chi connectivity index (χ1n) is 9.08. The summed E-state index contributed by atoms with van der Waals surface area (Å²) in [4.78, 5) is 16.0. The number of aryl methyl sites for hydroxylation is 1. The largest absolute Gasteiger partial charge is 0.356 e. The van der Waals surface area contributed by atoms with Crippen LogP contribution in [0.3, 0.4) is 0 Å². The molecule has 2 rings (SSSR count). The zero-order valence-corrected chi connectivity index (χ0v) is 15.9. The van der Waals surface area contributed by atoms with E-state index in [4.69, 9.17) is 0 Å². The van der Waals surface area contributed by atoms with Gasteiger partial charge in [0.2, 0.25) is 5.91 Å². The van der Waals surface area contributed by atoms with Crippen molar-refractivity contribution in [2.75, 3.05) is 26.7 Å². The quantitative estimate of drug-likeness (QED) is 0.493. The van der Waals surface area contributed by atoms with Gasteiger partial charge in [-0.3, -0.25) is 9.79 Å². The van der Waals surface area contributed by atoms with Crippen LogP contribution in [0.4, 0.5) is 4.39 Å². The van der Waals surface area contributed by atoms with Crippen molar-refractivity contribution in [1.29, 1.82) is 0 Å². The molecule has 3 N–H and O–H groups in total. The summed E-state index contributed by atoms with van der Waals surface area (Å²) in [5.74, 6) is 0.260. The SMILES string of the molecule is CN=C(NCCc1ccc(F)cc1C)NCC(=O)NCCc1ccccc1. The van der Waals surface area contributed by atoms with E-state index in [1.54, 1.807) is 13.1 Å². The van der Waals surface area contributed by atoms with Gasteiger partial charge in [-0.15, -0.1) is 0 Å². The lowest BCUT2D eigenvalue weighted by molar-refractivity contribution is -0.119. The van der Waals surface area contributed by atoms with Gasteiger partial charge in [-0.1, -0.05) is 36.4 Å². The number of carbonyl (C=O) groups is 1. The molecule has 0 atom stereocenters. The predicted octanol–water partition coefficient (Wildman–Crippen LogP) is 2.20. The number of halogens is 1. The highest BCUT2D eigenvalue weighted by molar-refractivity contribution is 5.86. The van der Waals surface area contributed by atoms with Gasteiger partial charge in [0.1, 0.15) is 5.82 Å². The first-order chi connectivity index (χ1) is 13.1. The lowest BCUT2D eigenvalue weighted by atomic mass is 10.1. The lowest BCUT2D eigenvalue weighted by Crippen LogP contribution is -2.44. The molecule has 0 aliphatic carbocycles. The summed E-state index contributed by atoms with van der Waals surface area (Å²) in [6.45, 7) is 3.29. The average Bonchev–Trinajstić information content (AvgIpc) is 2.67. The normalized spacial score (nSPS) is 11.1. The van der Waals surface area contributed by atoms with Gasteiger partial charge >= 0.3 is 0 Å². The smallest absolute Gasteiger partial charge is 0.239 e. The number of hydrogen-bond acceptors (Lipinski definition) is 2. The van der Waals surface area contributed by atoms with E-state index in [-0.39, 0.29) is 18.3 Å². The molecule has 0 fully saturated rings. The highest BCUT2D eigenvalue weighted by Crippen LogP contribution is 2.10. The maximum absolute atomic E-state index is 13.1. The third kappa shape index (κ3) is 7.48. The van der Waals surface area contributed by atoms with Crippen molar-refractivity contribution in [3.8, 4) is 0 Å². The summed E-state index contributed by atoms with van der Waals surface area (Å²) in [6.07, 6.45) is 1.55. The molecule has 0 radical (unpaired) electrons. The maximum Gasteiger partial charge on any atom is 0.239 e. The number of aliphatic imine (C=N–C) groups is 1. The molecule has 0 saturated heterocycles. The summed E-state index contributed by atoms with van der Waals surface area (Å²) in [7, 11) is 1.66. The van der Waals surface area contributed by atoms with Crippen molar-refractivity contribution in [3.63, 3.8) is 0 Å². The van der Waals surface area contributed by atoms with Crippen LogP contribution < -0.4 is 16.0 Å². The van der Waals surface area contributed by atoms with Crippen LogP contribution in [0.25, 0.3) is 0 Å². The fourth-order valence-electron chi connectivity index (χ4n) is 2.69. The molecular formula is C21H27FN4O. The topological polar surface area (TPSA) is 65.5 Å². The summed E-state index contributed by atoms with van der Waals surface area (Å²) in [6, 6.07) is 14.8. The summed E-state index contributed by atoms with van der Waals surface area (Å²) in [5, 5.41) is 9.04. The molecule has 0 aliphatic rings. The van der Waals surface area contributed by atoms with Gasteiger partial charge in [-0.25, -0.2) is 4.39 Å². The fraction of sp³-hybridized carbons (Fsp3) is 0.333. The highest BCUT2D eigenvalue weighted by atomic mass is 19.1. The van der Waals surface area contributed by atoms with E-state index in [0.29, 0.717) is 19.0 Å². The second-order valence-electron chi connectivity index (χ2n) is 6.26. The molecule has 0 aliphatic heterocycles. The minimum atomic E-state index is -0.222. The Morgan fingerprint density at radius 1 is 1.00 bits per heavy atom. The average molecular weight is 370 g/mol. The molecule has 6 heteroatoms. The van der Waals surface area contributed by atoms with Crippen molar-refractivity contribution in [2.24, 2.45) is 4.99 Å². The summed E-state index contributed by atoms with van der Waals surface area (Å²) in [5.41, 5.74) is 3.20. The second kappa shape index (κ2) is 11.0. The highest BCUT2D eigenvalue weighted by Gasteiger charge is 2.04. The van der Waals surface area contributed by atoms with Gasteiger partial charge in [-0.05, 0) is 48.6 Å². The summed E-state index contributed by atoms with van der Waals surface area (Å²) >= 11 is 0. The molecule has 0 heterocycles. The van der Waals surface area contributed by atoms with E-state index in [1.807, 2.05) is 37.3 Å². The number of nitrogens with zero attached hydrogens (tertiary/aromatic N) is 1. The van der Waals surface area contributed by atoms with Gasteiger partial charge in [0.15, 0.2) is 5.96 Å². The molecule has 0 saturated carbocycles. The van der Waals surface area contributed by atoms with Crippen molar-refractivity contribution >= 4 is 11.9 Å². The molecule has 5 nitrogen and oxygen atoms in total. The van der Waals surface area contributed by atoms with Gasteiger partial charge in [0.05, 0.1) is 6.54 Å². The van der Waals surface area contributed by atoms with E-state index in [2.05, 4.69) is 20.9 Å². The van der Waals surface area contributed by atoms with Crippen LogP contribution in [-0.2, 0) is 17.6 Å². The Morgan fingerprint density at radius 2 is 1.74 bits per heavy atom. The summed E-state index contributed by atoms with van der Waals surface area (Å²) < 4.78 is 13.1. The van der Waals surface area contributed by atoms with Crippen LogP contribution in [0.1, 0.15) is 16.7 Å². The predicted molar refractivity (Wildman–Crippen MR) is 107 cm³/mol. The van der Waals surface area contributed by atoms with Crippen molar-refractivity contribution in [2.45, 2.75) is 19.8 Å². The Bertz CT molecular complexity index is 762. The van der Waals surface area contributed by atoms with Crippen LogP contribution in [0.2, 0.25) is 0 Å². The number of carbonyl (C=O) groups excluding carboxylic acids is 1. The fourth-order valence-corrected chi connectivity index (χ4v) is 2.69. The van der Waals surface area contributed by atoms with Crippen LogP contribution in [0, 0.1) is 12.7 Å². The molecule has 2 aromatic rings. The zero-order valence-electron chi connectivity index (χ0n) is 15.9. The van der Waals surface area contributed by atoms with E-state index in [0.717, 1.165) is 24.0 Å². The Balaban J connectivity index is 1.65. The minimum absolute atomic E-state index is 0.0803. The van der Waals surface area contributed by atoms with Gasteiger partial charge in [-0.2, -0.15) is 0 Å². The van der Waals surface area contributed by atoms with Crippen LogP contribution in [-0.4, -0.2) is 38.5 Å². The van der Waals surface area contributed by atoms with E-state index < -0.39 is 0 Å². The van der Waals surface area contributed by atoms with E-state index >= 15 is 0 Å². The van der Waals surface area contributed by atoms with Gasteiger partial charge < -0.3 is 16.0 Å². The Hall–Kier alpha value is -2.89. The third-order valence-electron chi connectivity index (χ3n) is 4.21. The first-order valence-corrected chi connectivity index (χ1v) is 9.08. The van der Waals surface area contributed by atoms with Crippen molar-refractivity contribution < 1.29 is 9.18 Å². The number of guanidine groups is 1. The van der Waals surface area contributed by atoms with E-state index in [9.17, 15) is 9.18 Å². The van der Waals surface area contributed by atoms with E-state index in [1.165, 1.54) is 17.7 Å². The molecular weight excluding hydrogens is 343 g/mol. The molecule has 2 aromatic carbocycles. The third-order valence-corrected chi connectivity index (χ3v) is 4.21. The Morgan fingerprint density at radius 3 is 2.44 bits per heavy atom. The standard InChI is InChI=1S/C21H27FN4O/c1-16-14-19(22)9-8-18(16)11-13-25-21(23-2)26-15-20(27)24-12-10-17-6-4-3-5-7-17/h3-9,14H,10-13,15H2,1-2H3,(H,24,27)(H2,23,25,26). The van der Waals surface area contributed by atoms with Crippen LogP contribution >= 0.6 is 0 Å². The monoisotopic (exact) mass is 370 g/mol. The van der Waals surface area contributed by atoms with Crippen molar-refractivity contribution in [1.82, 2.24) is 16.0 Å². The molecule has 1 amide bonds. The molecule has 0 spiro atoms.